The minimum Gasteiger partial charge on any atom is -0.447 e. The van der Waals surface area contributed by atoms with Crippen LogP contribution < -0.4 is 5.32 Å². The lowest BCUT2D eigenvalue weighted by atomic mass is 9.88. The van der Waals surface area contributed by atoms with Crippen LogP contribution in [0.1, 0.15) is 322 Å². The van der Waals surface area contributed by atoms with Gasteiger partial charge in [-0.1, -0.05) is 157 Å². The zero-order valence-corrected chi connectivity index (χ0v) is 60.6. The van der Waals surface area contributed by atoms with Gasteiger partial charge in [-0.05, 0) is 184 Å². The van der Waals surface area contributed by atoms with Crippen LogP contribution in [0.2, 0.25) is 0 Å². The van der Waals surface area contributed by atoms with Crippen molar-refractivity contribution in [1.29, 1.82) is 0 Å². The molecule has 6 aliphatic heterocycles. The van der Waals surface area contributed by atoms with E-state index in [1.807, 2.05) is 39.0 Å². The third kappa shape index (κ3) is 36.2. The summed E-state index contributed by atoms with van der Waals surface area (Å²) in [5.41, 5.74) is 1.11. The van der Waals surface area contributed by atoms with E-state index in [1.165, 1.54) is 77.0 Å². The van der Waals surface area contributed by atoms with Crippen LogP contribution in [0.5, 0.6) is 0 Å². The van der Waals surface area contributed by atoms with Crippen molar-refractivity contribution in [3.8, 4) is 0 Å². The second-order valence-electron chi connectivity index (χ2n) is 26.9. The summed E-state index contributed by atoms with van der Waals surface area (Å²) in [4.78, 5) is 11.3. The molecule has 9 rings (SSSR count). The number of carbonyl (C=O) groups is 1. The molecule has 0 aromatic heterocycles. The molecule has 6 saturated heterocycles. The fourth-order valence-electron chi connectivity index (χ4n) is 12.6. The average molecular weight is 1280 g/mol. The van der Waals surface area contributed by atoms with Crippen molar-refractivity contribution in [3.05, 3.63) is 35.9 Å². The molecule has 18 unspecified atom stereocenters. The molecule has 528 valence electrons. The summed E-state index contributed by atoms with van der Waals surface area (Å²) >= 11 is 0. The van der Waals surface area contributed by atoms with E-state index >= 15 is 0 Å². The van der Waals surface area contributed by atoms with E-state index in [1.54, 1.807) is 0 Å². The van der Waals surface area contributed by atoms with Gasteiger partial charge in [-0.15, -0.1) is 0 Å². The molecule has 0 radical (unpaired) electrons. The predicted molar refractivity (Wildman–Crippen MR) is 363 cm³/mol. The fourth-order valence-corrected chi connectivity index (χ4v) is 12.6. The molecule has 8 fully saturated rings. The zero-order chi connectivity index (χ0) is 66.1. The number of ether oxygens (including phenoxy) is 13. The highest BCUT2D eigenvalue weighted by molar-refractivity contribution is 5.67. The van der Waals surface area contributed by atoms with Crippen molar-refractivity contribution in [2.24, 2.45) is 5.92 Å². The van der Waals surface area contributed by atoms with Crippen molar-refractivity contribution in [1.82, 2.24) is 5.32 Å². The minimum atomic E-state index is -0.244. The second kappa shape index (κ2) is 49.5. The Morgan fingerprint density at radius 1 is 0.467 bits per heavy atom. The molecular weight excluding hydrogens is 1140 g/mol. The van der Waals surface area contributed by atoms with E-state index in [0.717, 1.165) is 121 Å². The number of carbonyl (C=O) groups excluding carboxylic acids is 1. The van der Waals surface area contributed by atoms with Crippen molar-refractivity contribution in [3.63, 3.8) is 0 Å². The molecule has 1 amide bonds. The normalized spacial score (nSPS) is 33.4. The van der Waals surface area contributed by atoms with Gasteiger partial charge >= 0.3 is 6.09 Å². The molecule has 18 atom stereocenters. The Balaban J connectivity index is 0.000000276. The van der Waals surface area contributed by atoms with Crippen LogP contribution in [0.4, 0.5) is 4.79 Å². The third-order valence-corrected chi connectivity index (χ3v) is 18.3. The standard InChI is InChI=1S/C13H24O2.C13H18O2.C13H26O2.C11H21NO2.C10H20O2.C8H16O2.C7H14O2/c2*1-3-12-9-10(2)14-13(15-12)11-7-5-4-6-8-11;1-4-6-7-8-9-13-14-11(3)10-12(5-2)15-13;1-3-9(2)14-11(13)12-10-7-5-4-6-8-10;1-4-6-10-11-8(3)7-9(5-2)12-10;1-4-8-5-6(2)9-7(3)10-8;1-3-7-4-6(2)8-5-9-7/h10-13H,3-9H2,1-2H3;4-8,10,12-13H,3,9H2,1-2H3;11-13H,4-10H2,1-3H3;9-10H,3-8H2,1-2H3,(H,12,13);8-10H,4-7H2,1-3H3;6-8H,4-5H2,1-3H3;6-7H,3-5H2,1-2H3. The molecule has 1 aromatic carbocycles. The molecule has 0 spiro atoms. The molecular formula is C75H139NO14. The number of alkyl carbamates (subject to hydrolysis) is 1. The fraction of sp³-hybridized carbons (Fsp3) is 0.907. The molecule has 2 aliphatic carbocycles. The van der Waals surface area contributed by atoms with Crippen LogP contribution in [0.15, 0.2) is 30.3 Å². The zero-order valence-electron chi connectivity index (χ0n) is 60.6. The van der Waals surface area contributed by atoms with Gasteiger partial charge in [-0.3, -0.25) is 0 Å². The number of rotatable bonds is 18. The molecule has 2 saturated carbocycles. The van der Waals surface area contributed by atoms with E-state index < -0.39 is 0 Å². The SMILES string of the molecule is CCC(C)OC(=O)NC1CCCCC1.CCC1CC(C)OC(C)O1.CCC1CC(C)OC(C2CCCCC2)O1.CCC1CC(C)OC(c2ccccc2)O1.CCC1CC(C)OCO1.CCCC1OC(C)CC(CC)O1.CCCCCCC1OC(C)CC(CC)O1. The molecule has 0 bridgehead atoms. The van der Waals surface area contributed by atoms with Gasteiger partial charge in [0.2, 0.25) is 0 Å². The van der Waals surface area contributed by atoms with E-state index in [9.17, 15) is 4.79 Å². The van der Waals surface area contributed by atoms with E-state index in [4.69, 9.17) is 61.6 Å². The minimum absolute atomic E-state index is 0.00583. The highest BCUT2D eigenvalue weighted by atomic mass is 16.7. The Bertz CT molecular complexity index is 1830. The van der Waals surface area contributed by atoms with Gasteiger partial charge in [0.15, 0.2) is 31.5 Å². The molecule has 90 heavy (non-hydrogen) atoms. The topological polar surface area (TPSA) is 149 Å². The van der Waals surface area contributed by atoms with Crippen molar-refractivity contribution in [2.75, 3.05) is 6.79 Å². The molecule has 15 heteroatoms. The van der Waals surface area contributed by atoms with Gasteiger partial charge < -0.3 is 66.9 Å². The Morgan fingerprint density at radius 2 is 0.944 bits per heavy atom. The van der Waals surface area contributed by atoms with Gasteiger partial charge in [0.25, 0.3) is 0 Å². The molecule has 8 aliphatic rings. The third-order valence-electron chi connectivity index (χ3n) is 18.3. The van der Waals surface area contributed by atoms with Crippen molar-refractivity contribution >= 4 is 6.09 Å². The Morgan fingerprint density at radius 3 is 1.44 bits per heavy atom. The number of hydrogen-bond donors (Lipinski definition) is 1. The van der Waals surface area contributed by atoms with Gasteiger partial charge in [0.1, 0.15) is 12.9 Å². The second-order valence-corrected chi connectivity index (χ2v) is 26.9. The number of benzene rings is 1. The predicted octanol–water partition coefficient (Wildman–Crippen LogP) is 19.7. The summed E-state index contributed by atoms with van der Waals surface area (Å²) in [5, 5.41) is 2.92. The van der Waals surface area contributed by atoms with Crippen molar-refractivity contribution < 1.29 is 66.4 Å². The van der Waals surface area contributed by atoms with E-state index in [0.29, 0.717) is 85.9 Å². The summed E-state index contributed by atoms with van der Waals surface area (Å²) in [6.07, 6.45) is 39.3. The van der Waals surface area contributed by atoms with Gasteiger partial charge in [0, 0.05) is 17.5 Å². The first-order valence-corrected chi connectivity index (χ1v) is 37.2. The van der Waals surface area contributed by atoms with Crippen LogP contribution >= 0.6 is 0 Å². The number of amides is 1. The van der Waals surface area contributed by atoms with E-state index in [2.05, 4.69) is 114 Å². The van der Waals surface area contributed by atoms with Gasteiger partial charge in [-0.2, -0.15) is 0 Å². The first kappa shape index (κ1) is 82.2. The quantitative estimate of drug-likeness (QED) is 0.139. The number of hydrogen-bond acceptors (Lipinski definition) is 14. The lowest BCUT2D eigenvalue weighted by Gasteiger charge is -2.39. The molecule has 1 N–H and O–H groups in total. The maximum atomic E-state index is 11.3. The summed E-state index contributed by atoms with van der Waals surface area (Å²) in [5.74, 6) is 0.663. The van der Waals surface area contributed by atoms with Crippen LogP contribution in [0.3, 0.4) is 0 Å². The smallest absolute Gasteiger partial charge is 0.407 e. The average Bonchev–Trinajstić information content (AvgIpc) is 2.08. The van der Waals surface area contributed by atoms with Crippen molar-refractivity contribution in [2.45, 2.75) is 427 Å². The molecule has 1 aromatic rings. The van der Waals surface area contributed by atoms with Crippen LogP contribution in [-0.2, 0) is 61.6 Å². The molecule has 6 heterocycles. The summed E-state index contributed by atoms with van der Waals surface area (Å²) in [6.45, 7) is 36.6. The van der Waals surface area contributed by atoms with Crippen LogP contribution in [0.25, 0.3) is 0 Å². The number of nitrogens with one attached hydrogen (secondary N) is 1. The first-order chi connectivity index (χ1) is 43.4. The Labute approximate surface area is 551 Å². The molecule has 15 nitrogen and oxygen atoms in total. The Hall–Kier alpha value is -1.99. The summed E-state index contributed by atoms with van der Waals surface area (Å²) in [6, 6.07) is 10.5. The van der Waals surface area contributed by atoms with E-state index in [-0.39, 0.29) is 49.8 Å². The lowest BCUT2D eigenvalue weighted by Crippen LogP contribution is -2.41. The van der Waals surface area contributed by atoms with Gasteiger partial charge in [0.05, 0.1) is 73.2 Å². The highest BCUT2D eigenvalue weighted by Gasteiger charge is 2.34. The number of unbranched alkanes of at least 4 members (excludes halogenated alkanes) is 3. The Kier molecular flexibility index (Phi) is 45.3. The van der Waals surface area contributed by atoms with Gasteiger partial charge in [-0.25, -0.2) is 4.79 Å². The maximum absolute atomic E-state index is 11.3. The lowest BCUT2D eigenvalue weighted by molar-refractivity contribution is -0.263. The highest BCUT2D eigenvalue weighted by Crippen LogP contribution is 2.34. The summed E-state index contributed by atoms with van der Waals surface area (Å²) in [7, 11) is 0. The summed E-state index contributed by atoms with van der Waals surface area (Å²) < 4.78 is 73.1. The largest absolute Gasteiger partial charge is 0.447 e. The van der Waals surface area contributed by atoms with Crippen LogP contribution in [-0.4, -0.2) is 123 Å². The monoisotopic (exact) mass is 1280 g/mol. The van der Waals surface area contributed by atoms with Crippen LogP contribution in [0, 0.1) is 5.92 Å². The maximum Gasteiger partial charge on any atom is 0.407 e. The first-order valence-electron chi connectivity index (χ1n) is 37.2.